The van der Waals surface area contributed by atoms with Crippen molar-refractivity contribution in [3.63, 3.8) is 0 Å². The summed E-state index contributed by atoms with van der Waals surface area (Å²) in [6, 6.07) is 7.11. The van der Waals surface area contributed by atoms with Crippen molar-refractivity contribution in [2.24, 2.45) is 5.92 Å². The van der Waals surface area contributed by atoms with Gasteiger partial charge in [-0.25, -0.2) is 4.98 Å². The molecule has 2 heterocycles. The number of amides is 1. The highest BCUT2D eigenvalue weighted by atomic mass is 35.5. The minimum Gasteiger partial charge on any atom is -0.387 e. The fourth-order valence-electron chi connectivity index (χ4n) is 2.79. The highest BCUT2D eigenvalue weighted by molar-refractivity contribution is 6.31. The second kappa shape index (κ2) is 6.50. The van der Waals surface area contributed by atoms with Gasteiger partial charge in [0.25, 0.3) is 0 Å². The zero-order valence-electron chi connectivity index (χ0n) is 12.1. The van der Waals surface area contributed by atoms with Crippen LogP contribution in [0.5, 0.6) is 0 Å². The molecule has 116 valence electrons. The van der Waals surface area contributed by atoms with E-state index in [1.165, 1.54) is 0 Å². The Hall–Kier alpha value is -1.85. The number of nitrogens with zero attached hydrogens (tertiary/aromatic N) is 2. The molecule has 22 heavy (non-hydrogen) atoms. The van der Waals surface area contributed by atoms with E-state index in [2.05, 4.69) is 14.9 Å². The molecular weight excluding hydrogens is 302 g/mol. The van der Waals surface area contributed by atoms with Crippen LogP contribution in [0.4, 0.5) is 0 Å². The predicted molar refractivity (Wildman–Crippen MR) is 83.5 cm³/mol. The summed E-state index contributed by atoms with van der Waals surface area (Å²) in [5, 5.41) is 13.5. The third-order valence-electron chi connectivity index (χ3n) is 4.08. The molecule has 0 radical (unpaired) electrons. The minimum atomic E-state index is -0.799. The first-order chi connectivity index (χ1) is 10.6. The number of hydrogen-bond acceptors (Lipinski definition) is 3. The first-order valence-electron chi connectivity index (χ1n) is 7.34. The molecular formula is C16H18ClN3O2. The van der Waals surface area contributed by atoms with Crippen LogP contribution in [-0.2, 0) is 17.8 Å². The van der Waals surface area contributed by atoms with Gasteiger partial charge in [-0.05, 0) is 12.5 Å². The molecule has 0 saturated carbocycles. The van der Waals surface area contributed by atoms with E-state index in [0.717, 1.165) is 18.7 Å². The third kappa shape index (κ3) is 3.15. The Balaban J connectivity index is 1.56. The fraction of sp³-hybridized carbons (Fsp3) is 0.375. The van der Waals surface area contributed by atoms with E-state index in [-0.39, 0.29) is 18.4 Å². The Morgan fingerprint density at radius 1 is 1.50 bits per heavy atom. The number of nitrogens with one attached hydrogen (secondary N) is 1. The zero-order valence-corrected chi connectivity index (χ0v) is 12.8. The van der Waals surface area contributed by atoms with Gasteiger partial charge in [-0.2, -0.15) is 0 Å². The van der Waals surface area contributed by atoms with E-state index >= 15 is 0 Å². The molecule has 2 N–H and O–H groups in total. The second-order valence-corrected chi connectivity index (χ2v) is 5.96. The molecule has 1 aromatic heterocycles. The lowest BCUT2D eigenvalue weighted by Gasteiger charge is -2.23. The van der Waals surface area contributed by atoms with Crippen LogP contribution in [0.1, 0.15) is 23.8 Å². The number of carbonyl (C=O) groups is 1. The van der Waals surface area contributed by atoms with Gasteiger partial charge in [0.1, 0.15) is 0 Å². The molecule has 1 aliphatic heterocycles. The van der Waals surface area contributed by atoms with Crippen molar-refractivity contribution in [3.05, 3.63) is 53.1 Å². The topological polar surface area (TPSA) is 67.2 Å². The molecule has 2 unspecified atom stereocenters. The average molecular weight is 320 g/mol. The molecule has 0 fully saturated rings. The summed E-state index contributed by atoms with van der Waals surface area (Å²) < 4.78 is 2.07. The molecule has 0 saturated heterocycles. The highest BCUT2D eigenvalue weighted by Gasteiger charge is 2.25. The second-order valence-electron chi connectivity index (χ2n) is 5.55. The van der Waals surface area contributed by atoms with Gasteiger partial charge in [0.15, 0.2) is 0 Å². The first kappa shape index (κ1) is 15.1. The molecule has 2 atom stereocenters. The summed E-state index contributed by atoms with van der Waals surface area (Å²) >= 11 is 6.04. The van der Waals surface area contributed by atoms with E-state index in [1.807, 2.05) is 12.1 Å². The van der Waals surface area contributed by atoms with E-state index in [9.17, 15) is 9.90 Å². The molecule has 1 aliphatic rings. The van der Waals surface area contributed by atoms with Gasteiger partial charge in [-0.3, -0.25) is 4.79 Å². The summed E-state index contributed by atoms with van der Waals surface area (Å²) in [4.78, 5) is 16.4. The van der Waals surface area contributed by atoms with Gasteiger partial charge in [-0.1, -0.05) is 29.8 Å². The van der Waals surface area contributed by atoms with Crippen molar-refractivity contribution >= 4 is 17.5 Å². The lowest BCUT2D eigenvalue weighted by atomic mass is 9.95. The first-order valence-corrected chi connectivity index (χ1v) is 7.72. The third-order valence-corrected chi connectivity index (χ3v) is 4.42. The number of halogens is 1. The van der Waals surface area contributed by atoms with Crippen LogP contribution in [0.25, 0.3) is 0 Å². The number of benzene rings is 1. The van der Waals surface area contributed by atoms with E-state index in [4.69, 9.17) is 11.6 Å². The number of fused-ring (bicyclic) bond motifs is 1. The lowest BCUT2D eigenvalue weighted by Crippen LogP contribution is -2.37. The van der Waals surface area contributed by atoms with Crippen molar-refractivity contribution in [3.8, 4) is 0 Å². The molecule has 5 nitrogen and oxygen atoms in total. The van der Waals surface area contributed by atoms with Gasteiger partial charge in [0.05, 0.1) is 12.4 Å². The van der Waals surface area contributed by atoms with Crippen LogP contribution in [0.2, 0.25) is 5.02 Å². The maximum atomic E-state index is 12.3. The normalized spacial score (nSPS) is 18.5. The zero-order chi connectivity index (χ0) is 15.5. The Morgan fingerprint density at radius 2 is 2.32 bits per heavy atom. The van der Waals surface area contributed by atoms with Gasteiger partial charge in [-0.15, -0.1) is 0 Å². The van der Waals surface area contributed by atoms with E-state index in [1.54, 1.807) is 24.7 Å². The Morgan fingerprint density at radius 3 is 3.14 bits per heavy atom. The van der Waals surface area contributed by atoms with Crippen LogP contribution >= 0.6 is 11.6 Å². The Bertz CT molecular complexity index is 671. The highest BCUT2D eigenvalue weighted by Crippen LogP contribution is 2.23. The lowest BCUT2D eigenvalue weighted by molar-refractivity contribution is -0.126. The number of carbonyl (C=O) groups excluding carboxylic acids is 1. The average Bonchev–Trinajstić information content (AvgIpc) is 3.00. The van der Waals surface area contributed by atoms with Gasteiger partial charge >= 0.3 is 0 Å². The largest absolute Gasteiger partial charge is 0.387 e. The number of aryl methyl sites for hydroxylation is 1. The molecule has 1 amide bonds. The summed E-state index contributed by atoms with van der Waals surface area (Å²) in [5.41, 5.74) is 1.71. The summed E-state index contributed by atoms with van der Waals surface area (Å²) in [6.45, 7) is 0.971. The quantitative estimate of drug-likeness (QED) is 0.905. The van der Waals surface area contributed by atoms with Crippen molar-refractivity contribution < 1.29 is 9.90 Å². The standard InChI is InChI=1S/C16H18ClN3O2/c17-14-4-2-1-3-13(14)15(21)9-19-16(22)11-5-6-20-10-18-8-12(20)7-11/h1-4,8,10-11,15,21H,5-7,9H2,(H,19,22). The number of aromatic nitrogens is 2. The van der Waals surface area contributed by atoms with Crippen LogP contribution in [-0.4, -0.2) is 27.1 Å². The Kier molecular flexibility index (Phi) is 4.45. The Labute approximate surface area is 133 Å². The number of aliphatic hydroxyl groups excluding tert-OH is 1. The summed E-state index contributed by atoms with van der Waals surface area (Å²) in [7, 11) is 0. The predicted octanol–water partition coefficient (Wildman–Crippen LogP) is 1.95. The number of imidazole rings is 1. The summed E-state index contributed by atoms with van der Waals surface area (Å²) in [6.07, 6.45) is 4.28. The maximum absolute atomic E-state index is 12.3. The molecule has 1 aromatic carbocycles. The van der Waals surface area contributed by atoms with Gasteiger partial charge in [0, 0.05) is 47.9 Å². The molecule has 2 aromatic rings. The maximum Gasteiger partial charge on any atom is 0.223 e. The van der Waals surface area contributed by atoms with Crippen molar-refractivity contribution in [2.45, 2.75) is 25.5 Å². The van der Waals surface area contributed by atoms with Crippen LogP contribution in [0.3, 0.4) is 0 Å². The smallest absolute Gasteiger partial charge is 0.223 e. The molecule has 0 bridgehead atoms. The van der Waals surface area contributed by atoms with Crippen molar-refractivity contribution in [1.29, 1.82) is 0 Å². The van der Waals surface area contributed by atoms with Gasteiger partial charge in [0.2, 0.25) is 5.91 Å². The van der Waals surface area contributed by atoms with Crippen LogP contribution in [0.15, 0.2) is 36.8 Å². The monoisotopic (exact) mass is 319 g/mol. The fourth-order valence-corrected chi connectivity index (χ4v) is 3.05. The number of rotatable bonds is 4. The van der Waals surface area contributed by atoms with Crippen molar-refractivity contribution in [1.82, 2.24) is 14.9 Å². The van der Waals surface area contributed by atoms with E-state index < -0.39 is 6.10 Å². The number of hydrogen-bond donors (Lipinski definition) is 2. The van der Waals surface area contributed by atoms with Gasteiger partial charge < -0.3 is 15.0 Å². The van der Waals surface area contributed by atoms with Crippen LogP contribution < -0.4 is 5.32 Å². The van der Waals surface area contributed by atoms with Crippen molar-refractivity contribution in [2.75, 3.05) is 6.54 Å². The molecule has 0 aliphatic carbocycles. The van der Waals surface area contributed by atoms with Crippen LogP contribution in [0, 0.1) is 5.92 Å². The SMILES string of the molecule is O=C(NCC(O)c1ccccc1Cl)C1CCn2cncc2C1. The molecule has 0 spiro atoms. The van der Waals surface area contributed by atoms with E-state index in [0.29, 0.717) is 17.0 Å². The summed E-state index contributed by atoms with van der Waals surface area (Å²) in [5.74, 6) is -0.0961. The molecule has 3 rings (SSSR count). The minimum absolute atomic E-state index is 0.0291. The molecule has 6 heteroatoms. The number of aliphatic hydroxyl groups is 1.